The Balaban J connectivity index is 2.02. The van der Waals surface area contributed by atoms with Crippen LogP contribution >= 0.6 is 12.2 Å². The summed E-state index contributed by atoms with van der Waals surface area (Å²) in [4.78, 5) is 2.08. The zero-order valence-corrected chi connectivity index (χ0v) is 11.4. The quantitative estimate of drug-likeness (QED) is 0.860. The molecule has 0 saturated heterocycles. The zero-order chi connectivity index (χ0) is 12.7. The van der Waals surface area contributed by atoms with Crippen LogP contribution in [0, 0.1) is 11.7 Å². The summed E-state index contributed by atoms with van der Waals surface area (Å²) in [5.41, 5.74) is 2.37. The van der Waals surface area contributed by atoms with Gasteiger partial charge in [0.25, 0.3) is 0 Å². The van der Waals surface area contributed by atoms with Crippen molar-refractivity contribution in [1.29, 1.82) is 0 Å². The first-order valence-corrected chi connectivity index (χ1v) is 6.55. The summed E-state index contributed by atoms with van der Waals surface area (Å²) < 4.78 is 2.84. The molecule has 94 valence electrons. The molecule has 0 atom stereocenters. The highest BCUT2D eigenvalue weighted by Crippen LogP contribution is 2.38. The van der Waals surface area contributed by atoms with Crippen molar-refractivity contribution in [1.82, 2.24) is 14.8 Å². The number of benzene rings is 1. The van der Waals surface area contributed by atoms with Crippen LogP contribution in [0.5, 0.6) is 0 Å². The largest absolute Gasteiger partial charge is 0.314 e. The molecule has 0 bridgehead atoms. The van der Waals surface area contributed by atoms with E-state index in [4.69, 9.17) is 12.2 Å². The van der Waals surface area contributed by atoms with Crippen molar-refractivity contribution in [3.05, 3.63) is 34.6 Å². The summed E-state index contributed by atoms with van der Waals surface area (Å²) in [5.74, 6) is 0.896. The van der Waals surface area contributed by atoms with Gasteiger partial charge in [0.15, 0.2) is 4.77 Å². The second kappa shape index (κ2) is 4.24. The summed E-state index contributed by atoms with van der Waals surface area (Å²) in [5, 5.41) is 7.25. The van der Waals surface area contributed by atoms with Gasteiger partial charge < -0.3 is 4.90 Å². The molecule has 1 aromatic heterocycles. The molecule has 1 heterocycles. The average Bonchev–Trinajstić information content (AvgIpc) is 3.12. The van der Waals surface area contributed by atoms with E-state index < -0.39 is 0 Å². The number of hydrogen-bond acceptors (Lipinski definition) is 3. The van der Waals surface area contributed by atoms with Crippen molar-refractivity contribution >= 4 is 23.9 Å². The van der Waals surface area contributed by atoms with Gasteiger partial charge in [-0.15, -0.1) is 5.10 Å². The first-order chi connectivity index (χ1) is 8.66. The van der Waals surface area contributed by atoms with E-state index in [0.717, 1.165) is 11.6 Å². The lowest BCUT2D eigenvalue weighted by Gasteiger charge is -2.19. The van der Waals surface area contributed by atoms with Crippen LogP contribution in [0.3, 0.4) is 0 Å². The van der Waals surface area contributed by atoms with Gasteiger partial charge in [0.2, 0.25) is 5.95 Å². The van der Waals surface area contributed by atoms with Crippen molar-refractivity contribution in [2.24, 2.45) is 0 Å². The number of nitrogens with zero attached hydrogens (tertiary/aromatic N) is 3. The number of rotatable bonds is 3. The van der Waals surface area contributed by atoms with E-state index in [2.05, 4.69) is 50.9 Å². The van der Waals surface area contributed by atoms with Gasteiger partial charge in [-0.3, -0.25) is 4.57 Å². The predicted molar refractivity (Wildman–Crippen MR) is 74.9 cm³/mol. The minimum absolute atomic E-state index is 0.526. The topological polar surface area (TPSA) is 36.9 Å². The second-order valence-corrected chi connectivity index (χ2v) is 5.21. The van der Waals surface area contributed by atoms with Gasteiger partial charge in [0.05, 0.1) is 0 Å². The van der Waals surface area contributed by atoms with Crippen LogP contribution in [0.2, 0.25) is 0 Å². The molecule has 1 fully saturated rings. The standard InChI is InChI=1S/C13H16N4S/c1-9-4-3-5-11(8-9)16(2)12-14-15-13(18)17(12)10-6-7-10/h3-5,8,10H,6-7H2,1-2H3,(H,15,18). The molecule has 18 heavy (non-hydrogen) atoms. The Morgan fingerprint density at radius 2 is 2.22 bits per heavy atom. The van der Waals surface area contributed by atoms with E-state index in [9.17, 15) is 0 Å². The van der Waals surface area contributed by atoms with Crippen LogP contribution in [0.4, 0.5) is 11.6 Å². The number of nitrogens with one attached hydrogen (secondary N) is 1. The minimum Gasteiger partial charge on any atom is -0.314 e. The third-order valence-corrected chi connectivity index (χ3v) is 3.57. The Kier molecular flexibility index (Phi) is 2.70. The van der Waals surface area contributed by atoms with Gasteiger partial charge in [-0.2, -0.15) is 0 Å². The normalized spacial score (nSPS) is 14.8. The maximum absolute atomic E-state index is 5.30. The Morgan fingerprint density at radius 1 is 1.44 bits per heavy atom. The van der Waals surface area contributed by atoms with E-state index in [1.54, 1.807) is 0 Å². The fraction of sp³-hybridized carbons (Fsp3) is 0.385. The van der Waals surface area contributed by atoms with Gasteiger partial charge in [-0.05, 0) is 49.7 Å². The molecule has 1 aliphatic carbocycles. The van der Waals surface area contributed by atoms with E-state index >= 15 is 0 Å². The third-order valence-electron chi connectivity index (χ3n) is 3.29. The van der Waals surface area contributed by atoms with Gasteiger partial charge in [-0.25, -0.2) is 5.10 Å². The molecule has 1 aromatic carbocycles. The SMILES string of the molecule is Cc1cccc(N(C)c2n[nH]c(=S)n2C2CC2)c1. The Morgan fingerprint density at radius 3 is 2.89 bits per heavy atom. The highest BCUT2D eigenvalue weighted by atomic mass is 32.1. The van der Waals surface area contributed by atoms with Crippen LogP contribution < -0.4 is 4.90 Å². The van der Waals surface area contributed by atoms with Crippen LogP contribution in [0.1, 0.15) is 24.4 Å². The van der Waals surface area contributed by atoms with Gasteiger partial charge in [0, 0.05) is 18.8 Å². The molecule has 1 saturated carbocycles. The number of aromatic amines is 1. The molecule has 0 amide bonds. The Hall–Kier alpha value is -1.62. The number of hydrogen-bond donors (Lipinski definition) is 1. The Bertz CT molecular complexity index is 624. The molecule has 0 radical (unpaired) electrons. The average molecular weight is 260 g/mol. The van der Waals surface area contributed by atoms with Crippen molar-refractivity contribution in [3.63, 3.8) is 0 Å². The lowest BCUT2D eigenvalue weighted by atomic mass is 10.2. The van der Waals surface area contributed by atoms with E-state index in [1.165, 1.54) is 18.4 Å². The summed E-state index contributed by atoms with van der Waals surface area (Å²) in [7, 11) is 2.03. The van der Waals surface area contributed by atoms with Crippen molar-refractivity contribution in [3.8, 4) is 0 Å². The number of anilines is 2. The summed E-state index contributed by atoms with van der Waals surface area (Å²) in [6.07, 6.45) is 2.39. The highest BCUT2D eigenvalue weighted by Gasteiger charge is 2.28. The van der Waals surface area contributed by atoms with Crippen molar-refractivity contribution < 1.29 is 0 Å². The molecule has 4 nitrogen and oxygen atoms in total. The molecule has 2 aromatic rings. The fourth-order valence-corrected chi connectivity index (χ4v) is 2.42. The van der Waals surface area contributed by atoms with E-state index in [0.29, 0.717) is 10.8 Å². The van der Waals surface area contributed by atoms with Crippen LogP contribution in [-0.2, 0) is 0 Å². The summed E-state index contributed by atoms with van der Waals surface area (Å²) >= 11 is 5.30. The smallest absolute Gasteiger partial charge is 0.230 e. The Labute approximate surface area is 111 Å². The monoisotopic (exact) mass is 260 g/mol. The molecule has 0 aliphatic heterocycles. The first kappa shape index (κ1) is 11.5. The highest BCUT2D eigenvalue weighted by molar-refractivity contribution is 7.71. The van der Waals surface area contributed by atoms with Crippen LogP contribution in [0.25, 0.3) is 0 Å². The van der Waals surface area contributed by atoms with Crippen LogP contribution in [-0.4, -0.2) is 21.8 Å². The maximum atomic E-state index is 5.30. The minimum atomic E-state index is 0.526. The van der Waals surface area contributed by atoms with Crippen molar-refractivity contribution in [2.45, 2.75) is 25.8 Å². The predicted octanol–water partition coefficient (Wildman–Crippen LogP) is 3.35. The first-order valence-electron chi connectivity index (χ1n) is 6.14. The molecule has 0 spiro atoms. The van der Waals surface area contributed by atoms with E-state index in [1.807, 2.05) is 7.05 Å². The van der Waals surface area contributed by atoms with E-state index in [-0.39, 0.29) is 0 Å². The lowest BCUT2D eigenvalue weighted by molar-refractivity contribution is 0.722. The number of aromatic nitrogens is 3. The molecule has 1 N–H and O–H groups in total. The summed E-state index contributed by atoms with van der Waals surface area (Å²) in [6.45, 7) is 2.09. The number of H-pyrrole nitrogens is 1. The zero-order valence-electron chi connectivity index (χ0n) is 10.6. The number of aryl methyl sites for hydroxylation is 1. The molecule has 1 aliphatic rings. The van der Waals surface area contributed by atoms with Crippen molar-refractivity contribution in [2.75, 3.05) is 11.9 Å². The van der Waals surface area contributed by atoms with Gasteiger partial charge in [-0.1, -0.05) is 12.1 Å². The second-order valence-electron chi connectivity index (χ2n) is 4.83. The molecular formula is C13H16N4S. The molecule has 0 unspecified atom stereocenters. The molecule has 5 heteroatoms. The third kappa shape index (κ3) is 1.95. The van der Waals surface area contributed by atoms with Gasteiger partial charge in [0.1, 0.15) is 0 Å². The summed E-state index contributed by atoms with van der Waals surface area (Å²) in [6, 6.07) is 8.91. The fourth-order valence-electron chi connectivity index (χ4n) is 2.15. The molecular weight excluding hydrogens is 244 g/mol. The lowest BCUT2D eigenvalue weighted by Crippen LogP contribution is -2.15. The maximum Gasteiger partial charge on any atom is 0.230 e. The van der Waals surface area contributed by atoms with Crippen LogP contribution in [0.15, 0.2) is 24.3 Å². The molecule has 3 rings (SSSR count). The van der Waals surface area contributed by atoms with Gasteiger partial charge >= 0.3 is 0 Å².